The van der Waals surface area contributed by atoms with Crippen molar-refractivity contribution in [3.05, 3.63) is 0 Å². The van der Waals surface area contributed by atoms with Crippen LogP contribution < -0.4 is 0 Å². The molecule has 0 aliphatic rings. The van der Waals surface area contributed by atoms with Gasteiger partial charge in [0.2, 0.25) is 0 Å². The molecular weight excluding hydrogens is 168 g/mol. The summed E-state index contributed by atoms with van der Waals surface area (Å²) >= 11 is 0. The van der Waals surface area contributed by atoms with Crippen LogP contribution in [0.25, 0.3) is 0 Å². The Bertz CT molecular complexity index is 5.51. The second-order valence-corrected chi connectivity index (χ2v) is 0. The molecule has 0 saturated carbocycles. The van der Waals surface area contributed by atoms with Gasteiger partial charge in [0.1, 0.15) is 0 Å². The molecule has 0 rings (SSSR count). The smallest absolute Gasteiger partial charge is 0.870 e. The SMILES string of the molecule is O.O.[Cr+2].[Cr].[OH-].[OH-]. The molecule has 6 heavy (non-hydrogen) atoms. The molecule has 42 valence electrons. The molecule has 0 saturated heterocycles. The Morgan fingerprint density at radius 1 is 0.667 bits per heavy atom. The Morgan fingerprint density at radius 2 is 0.667 bits per heavy atom. The summed E-state index contributed by atoms with van der Waals surface area (Å²) in [6.07, 6.45) is 0. The van der Waals surface area contributed by atoms with Crippen LogP contribution in [0.4, 0.5) is 0 Å². The summed E-state index contributed by atoms with van der Waals surface area (Å²) in [6.45, 7) is 0. The topological polar surface area (TPSA) is 123 Å². The molecule has 0 radical (unpaired) electrons. The Morgan fingerprint density at radius 3 is 0.667 bits per heavy atom. The van der Waals surface area contributed by atoms with Gasteiger partial charge in [0.15, 0.2) is 0 Å². The largest absolute Gasteiger partial charge is 2.00 e. The molecule has 0 bridgehead atoms. The van der Waals surface area contributed by atoms with Crippen LogP contribution in [-0.4, -0.2) is 21.9 Å². The van der Waals surface area contributed by atoms with Gasteiger partial charge >= 0.3 is 17.4 Å². The summed E-state index contributed by atoms with van der Waals surface area (Å²) in [5.41, 5.74) is 0. The minimum atomic E-state index is 0. The van der Waals surface area contributed by atoms with Gasteiger partial charge in [-0.3, -0.25) is 0 Å². The molecule has 6 heteroatoms. The van der Waals surface area contributed by atoms with Gasteiger partial charge in [-0.15, -0.1) is 0 Å². The fourth-order valence-corrected chi connectivity index (χ4v) is 0. The standard InChI is InChI=1S/2Cr.4H2O/h;;4*1H2/q;+2;;;;/p-2. The average Bonchev–Trinajstić information content (AvgIpc) is 0. The van der Waals surface area contributed by atoms with Crippen molar-refractivity contribution in [3.8, 4) is 0 Å². The van der Waals surface area contributed by atoms with Crippen molar-refractivity contribution >= 4 is 0 Å². The first kappa shape index (κ1) is 294. The van der Waals surface area contributed by atoms with Crippen molar-refractivity contribution in [2.24, 2.45) is 0 Å². The quantitative estimate of drug-likeness (QED) is 0.421. The summed E-state index contributed by atoms with van der Waals surface area (Å²) in [5.74, 6) is 0. The van der Waals surface area contributed by atoms with E-state index in [1.165, 1.54) is 0 Å². The molecule has 4 nitrogen and oxygen atoms in total. The monoisotopic (exact) mass is 174 g/mol. The molecule has 0 spiro atoms. The second kappa shape index (κ2) is 173. The van der Waals surface area contributed by atoms with E-state index in [4.69, 9.17) is 0 Å². The van der Waals surface area contributed by atoms with Crippen molar-refractivity contribution in [1.82, 2.24) is 0 Å². The van der Waals surface area contributed by atoms with Gasteiger partial charge < -0.3 is 21.9 Å². The van der Waals surface area contributed by atoms with Crippen LogP contribution in [0.15, 0.2) is 0 Å². The summed E-state index contributed by atoms with van der Waals surface area (Å²) in [5, 5.41) is 0. The summed E-state index contributed by atoms with van der Waals surface area (Å²) in [6, 6.07) is 0. The van der Waals surface area contributed by atoms with Crippen molar-refractivity contribution < 1.29 is 56.6 Å². The third kappa shape index (κ3) is 91.3. The van der Waals surface area contributed by atoms with Gasteiger partial charge in [0.05, 0.1) is 0 Å². The normalized spacial score (nSPS) is 0. The van der Waals surface area contributed by atoms with Crippen LogP contribution in [0.3, 0.4) is 0 Å². The molecule has 0 aliphatic carbocycles. The van der Waals surface area contributed by atoms with Gasteiger partial charge in [-0.25, -0.2) is 0 Å². The predicted molar refractivity (Wildman–Crippen MR) is 11.1 cm³/mol. The van der Waals surface area contributed by atoms with E-state index in [1.807, 2.05) is 0 Å². The number of hydrogen-bond acceptors (Lipinski definition) is 2. The van der Waals surface area contributed by atoms with Gasteiger partial charge in [0, 0.05) is 17.4 Å². The first-order chi connectivity index (χ1) is 0. The molecule has 6 N–H and O–H groups in total. The maximum absolute atomic E-state index is 0. The molecule has 0 fully saturated rings. The van der Waals surface area contributed by atoms with Crippen LogP contribution in [0.1, 0.15) is 0 Å². The van der Waals surface area contributed by atoms with E-state index >= 15 is 0 Å². The maximum atomic E-state index is 0. The van der Waals surface area contributed by atoms with Crippen LogP contribution in [-0.2, 0) is 34.7 Å². The Balaban J connectivity index is 0. The summed E-state index contributed by atoms with van der Waals surface area (Å²) in [7, 11) is 0. The van der Waals surface area contributed by atoms with Crippen molar-refractivity contribution in [2.75, 3.05) is 0 Å². The predicted octanol–water partition coefficient (Wildman–Crippen LogP) is -2.01. The molecule has 0 aromatic carbocycles. The van der Waals surface area contributed by atoms with E-state index in [9.17, 15) is 0 Å². The number of rotatable bonds is 0. The van der Waals surface area contributed by atoms with E-state index in [-0.39, 0.29) is 56.6 Å². The van der Waals surface area contributed by atoms with Crippen molar-refractivity contribution in [1.29, 1.82) is 0 Å². The molecule has 0 aromatic heterocycles. The van der Waals surface area contributed by atoms with E-state index in [0.717, 1.165) is 0 Å². The van der Waals surface area contributed by atoms with Gasteiger partial charge in [-0.2, -0.15) is 0 Å². The molecule has 0 atom stereocenters. The Kier molecular flexibility index (Phi) is 8500. The Hall–Kier alpha value is 0.905. The fourth-order valence-electron chi connectivity index (χ4n) is 0. The third-order valence-corrected chi connectivity index (χ3v) is 0. The maximum Gasteiger partial charge on any atom is 2.00 e. The van der Waals surface area contributed by atoms with Gasteiger partial charge in [-0.1, -0.05) is 0 Å². The van der Waals surface area contributed by atoms with E-state index in [1.54, 1.807) is 0 Å². The minimum Gasteiger partial charge on any atom is -0.870 e. The summed E-state index contributed by atoms with van der Waals surface area (Å²) in [4.78, 5) is 0. The van der Waals surface area contributed by atoms with Gasteiger partial charge in [-0.05, 0) is 0 Å². The molecular formula is H6Cr2O4. The van der Waals surface area contributed by atoms with E-state index < -0.39 is 0 Å². The van der Waals surface area contributed by atoms with Crippen LogP contribution in [0, 0.1) is 0 Å². The van der Waals surface area contributed by atoms with Crippen LogP contribution in [0.5, 0.6) is 0 Å². The van der Waals surface area contributed by atoms with E-state index in [2.05, 4.69) is 0 Å². The van der Waals surface area contributed by atoms with Crippen LogP contribution in [0.2, 0.25) is 0 Å². The minimum absolute atomic E-state index is 0. The molecule has 0 amide bonds. The Labute approximate surface area is 57.0 Å². The molecule has 0 unspecified atom stereocenters. The fraction of sp³-hybridized carbons (Fsp3) is 0. The molecule has 0 heterocycles. The molecule has 0 aromatic rings. The van der Waals surface area contributed by atoms with Crippen LogP contribution >= 0.6 is 0 Å². The van der Waals surface area contributed by atoms with Gasteiger partial charge in [0.25, 0.3) is 0 Å². The van der Waals surface area contributed by atoms with Crippen molar-refractivity contribution in [3.63, 3.8) is 0 Å². The third-order valence-electron chi connectivity index (χ3n) is 0. The zero-order chi connectivity index (χ0) is 0. The average molecular weight is 174 g/mol. The zero-order valence-electron chi connectivity index (χ0n) is 2.71. The summed E-state index contributed by atoms with van der Waals surface area (Å²) < 4.78 is 0. The van der Waals surface area contributed by atoms with Crippen molar-refractivity contribution in [2.45, 2.75) is 0 Å². The van der Waals surface area contributed by atoms with E-state index in [0.29, 0.717) is 0 Å². The second-order valence-electron chi connectivity index (χ2n) is 0. The zero-order valence-corrected chi connectivity index (χ0v) is 5.26. The number of hydrogen-bond donors (Lipinski definition) is 0. The first-order valence-corrected chi connectivity index (χ1v) is 0. The molecule has 0 aliphatic heterocycles. The first-order valence-electron chi connectivity index (χ1n) is 0.